The minimum Gasteiger partial charge on any atom is -0.343 e. The van der Waals surface area contributed by atoms with Crippen LogP contribution in [0.25, 0.3) is 0 Å². The molecule has 1 aliphatic heterocycles. The van der Waals surface area contributed by atoms with Crippen molar-refractivity contribution in [2.45, 2.75) is 32.6 Å². The molecule has 2 aromatic heterocycles. The normalized spacial score (nSPS) is 23.0. The molecule has 114 valence electrons. The van der Waals surface area contributed by atoms with Crippen molar-refractivity contribution in [2.24, 2.45) is 5.41 Å². The summed E-state index contributed by atoms with van der Waals surface area (Å²) < 4.78 is 0. The first-order valence-electron chi connectivity index (χ1n) is 7.32. The Balaban J connectivity index is 1.96. The Morgan fingerprint density at radius 1 is 1.23 bits per heavy atom. The second-order valence-electron chi connectivity index (χ2n) is 6.82. The van der Waals surface area contributed by atoms with Crippen LogP contribution < -0.4 is 10.9 Å². The average molecular weight is 315 g/mol. The molecule has 2 aliphatic rings. The van der Waals surface area contributed by atoms with Crippen LogP contribution in [0.1, 0.15) is 43.7 Å². The SMILES string of the molecule is CC1(C)CC(=O)C2=C(C1)Nc1[nH][nH]c(=O)c1[C@H]2c1ccsc1. The van der Waals surface area contributed by atoms with Crippen LogP contribution in [0.2, 0.25) is 0 Å². The number of carbonyl (C=O) groups excluding carboxylic acids is 1. The van der Waals surface area contributed by atoms with Crippen LogP contribution in [0.4, 0.5) is 5.82 Å². The van der Waals surface area contributed by atoms with E-state index in [1.165, 1.54) is 0 Å². The molecule has 0 aromatic carbocycles. The molecule has 0 saturated heterocycles. The summed E-state index contributed by atoms with van der Waals surface area (Å²) in [6.07, 6.45) is 1.33. The van der Waals surface area contributed by atoms with Gasteiger partial charge in [-0.2, -0.15) is 11.3 Å². The van der Waals surface area contributed by atoms with Crippen molar-refractivity contribution in [1.29, 1.82) is 0 Å². The van der Waals surface area contributed by atoms with Gasteiger partial charge < -0.3 is 5.32 Å². The summed E-state index contributed by atoms with van der Waals surface area (Å²) in [6, 6.07) is 1.99. The van der Waals surface area contributed by atoms with E-state index in [4.69, 9.17) is 0 Å². The lowest BCUT2D eigenvalue weighted by atomic mass is 9.69. The lowest BCUT2D eigenvalue weighted by Crippen LogP contribution is -2.34. The van der Waals surface area contributed by atoms with E-state index in [0.717, 1.165) is 23.3 Å². The number of thiophene rings is 1. The molecule has 0 amide bonds. The van der Waals surface area contributed by atoms with Crippen molar-refractivity contribution >= 4 is 22.9 Å². The molecule has 1 aliphatic carbocycles. The number of aromatic amines is 2. The van der Waals surface area contributed by atoms with Gasteiger partial charge in [0, 0.05) is 23.6 Å². The largest absolute Gasteiger partial charge is 0.343 e. The Labute approximate surface area is 131 Å². The first-order valence-corrected chi connectivity index (χ1v) is 8.26. The molecular formula is C16H17N3O2S. The van der Waals surface area contributed by atoms with E-state index in [1.54, 1.807) is 11.3 Å². The Hall–Kier alpha value is -2.08. The molecule has 4 rings (SSSR count). The number of fused-ring (bicyclic) bond motifs is 1. The first kappa shape index (κ1) is 13.6. The molecule has 3 N–H and O–H groups in total. The molecule has 0 fully saturated rings. The molecule has 0 spiro atoms. The number of anilines is 1. The van der Waals surface area contributed by atoms with Gasteiger partial charge in [0.15, 0.2) is 5.78 Å². The molecular weight excluding hydrogens is 298 g/mol. The van der Waals surface area contributed by atoms with Crippen molar-refractivity contribution in [3.05, 3.63) is 49.6 Å². The summed E-state index contributed by atoms with van der Waals surface area (Å²) in [6.45, 7) is 4.21. The topological polar surface area (TPSA) is 77.8 Å². The number of hydrogen-bond acceptors (Lipinski definition) is 4. The van der Waals surface area contributed by atoms with E-state index in [0.29, 0.717) is 17.8 Å². The quantitative estimate of drug-likeness (QED) is 0.757. The predicted octanol–water partition coefficient (Wildman–Crippen LogP) is 2.97. The van der Waals surface area contributed by atoms with Gasteiger partial charge in [0.25, 0.3) is 5.56 Å². The number of rotatable bonds is 1. The smallest absolute Gasteiger partial charge is 0.270 e. The summed E-state index contributed by atoms with van der Waals surface area (Å²) in [7, 11) is 0. The number of allylic oxidation sites excluding steroid dienone is 2. The van der Waals surface area contributed by atoms with Gasteiger partial charge in [0.05, 0.1) is 5.56 Å². The van der Waals surface area contributed by atoms with Gasteiger partial charge in [-0.05, 0) is 34.2 Å². The van der Waals surface area contributed by atoms with Crippen LogP contribution in [-0.4, -0.2) is 16.0 Å². The van der Waals surface area contributed by atoms with Crippen molar-refractivity contribution in [1.82, 2.24) is 10.2 Å². The van der Waals surface area contributed by atoms with Gasteiger partial charge in [-0.25, -0.2) is 0 Å². The second kappa shape index (κ2) is 4.46. The highest BCUT2D eigenvalue weighted by Gasteiger charge is 2.42. The fourth-order valence-corrected chi connectivity index (χ4v) is 4.28. The maximum Gasteiger partial charge on any atom is 0.270 e. The van der Waals surface area contributed by atoms with E-state index in [9.17, 15) is 9.59 Å². The van der Waals surface area contributed by atoms with E-state index in [2.05, 4.69) is 29.4 Å². The van der Waals surface area contributed by atoms with Crippen LogP contribution in [0, 0.1) is 5.41 Å². The van der Waals surface area contributed by atoms with Gasteiger partial charge in [-0.15, -0.1) is 0 Å². The fourth-order valence-electron chi connectivity index (χ4n) is 3.59. The molecule has 0 saturated carbocycles. The Morgan fingerprint density at radius 3 is 2.77 bits per heavy atom. The van der Waals surface area contributed by atoms with Crippen LogP contribution in [0.15, 0.2) is 32.9 Å². The molecule has 2 aromatic rings. The number of carbonyl (C=O) groups is 1. The highest BCUT2D eigenvalue weighted by molar-refractivity contribution is 7.08. The molecule has 0 bridgehead atoms. The second-order valence-corrected chi connectivity index (χ2v) is 7.60. The van der Waals surface area contributed by atoms with Crippen LogP contribution in [0.3, 0.4) is 0 Å². The molecule has 6 heteroatoms. The lowest BCUT2D eigenvalue weighted by Gasteiger charge is -2.37. The minimum atomic E-state index is -0.268. The van der Waals surface area contributed by atoms with Crippen molar-refractivity contribution in [2.75, 3.05) is 5.32 Å². The monoisotopic (exact) mass is 315 g/mol. The minimum absolute atomic E-state index is 0.0593. The maximum absolute atomic E-state index is 12.8. The van der Waals surface area contributed by atoms with E-state index < -0.39 is 0 Å². The zero-order valence-electron chi connectivity index (χ0n) is 12.4. The van der Waals surface area contributed by atoms with E-state index in [1.807, 2.05) is 16.8 Å². The standard InChI is InChI=1S/C16H17N3O2S/c1-16(2)5-9-12(10(20)6-16)11(8-3-4-22-7-8)13-14(17-9)18-19-15(13)21/h3-4,7,11H,5-6H2,1-2H3,(H3,17,18,19,21)/t11-/m0/s1. The Morgan fingerprint density at radius 2 is 2.05 bits per heavy atom. The van der Waals surface area contributed by atoms with Gasteiger partial charge in [0.2, 0.25) is 0 Å². The zero-order chi connectivity index (χ0) is 15.5. The van der Waals surface area contributed by atoms with Gasteiger partial charge in [-0.3, -0.25) is 19.8 Å². The van der Waals surface area contributed by atoms with Crippen molar-refractivity contribution in [3.8, 4) is 0 Å². The van der Waals surface area contributed by atoms with Crippen molar-refractivity contribution in [3.63, 3.8) is 0 Å². The number of nitrogens with one attached hydrogen (secondary N) is 3. The molecule has 5 nitrogen and oxygen atoms in total. The van der Waals surface area contributed by atoms with Crippen LogP contribution in [-0.2, 0) is 4.79 Å². The molecule has 0 radical (unpaired) electrons. The third-order valence-corrected chi connectivity index (χ3v) is 5.17. The highest BCUT2D eigenvalue weighted by atomic mass is 32.1. The first-order chi connectivity index (χ1) is 10.5. The maximum atomic E-state index is 12.8. The summed E-state index contributed by atoms with van der Waals surface area (Å²) >= 11 is 1.58. The molecule has 3 heterocycles. The summed E-state index contributed by atoms with van der Waals surface area (Å²) in [5.74, 6) is 0.558. The molecule has 0 unspecified atom stereocenters. The van der Waals surface area contributed by atoms with Gasteiger partial charge in [0.1, 0.15) is 5.82 Å². The third kappa shape index (κ3) is 1.90. The Bertz CT molecular complexity index is 839. The molecule has 22 heavy (non-hydrogen) atoms. The Kier molecular flexibility index (Phi) is 2.75. The van der Waals surface area contributed by atoms with Crippen molar-refractivity contribution < 1.29 is 4.79 Å². The molecule has 1 atom stereocenters. The van der Waals surface area contributed by atoms with Gasteiger partial charge >= 0.3 is 0 Å². The zero-order valence-corrected chi connectivity index (χ0v) is 13.3. The van der Waals surface area contributed by atoms with E-state index >= 15 is 0 Å². The predicted molar refractivity (Wildman–Crippen MR) is 86.2 cm³/mol. The van der Waals surface area contributed by atoms with E-state index in [-0.39, 0.29) is 22.7 Å². The third-order valence-electron chi connectivity index (χ3n) is 4.46. The van der Waals surface area contributed by atoms with Crippen LogP contribution in [0.5, 0.6) is 0 Å². The summed E-state index contributed by atoms with van der Waals surface area (Å²) in [5.41, 5.74) is 3.11. The number of H-pyrrole nitrogens is 2. The summed E-state index contributed by atoms with van der Waals surface area (Å²) in [4.78, 5) is 25.0. The fraction of sp³-hybridized carbons (Fsp3) is 0.375. The van der Waals surface area contributed by atoms with Gasteiger partial charge in [-0.1, -0.05) is 13.8 Å². The number of Topliss-reactive ketones (excluding diaryl/α,β-unsaturated/α-hetero) is 1. The summed E-state index contributed by atoms with van der Waals surface area (Å²) in [5, 5.41) is 12.8. The highest BCUT2D eigenvalue weighted by Crippen LogP contribution is 2.47. The average Bonchev–Trinajstić information content (AvgIpc) is 3.05. The number of aromatic nitrogens is 2. The number of ketones is 1. The number of hydrogen-bond donors (Lipinski definition) is 3. The lowest BCUT2D eigenvalue weighted by molar-refractivity contribution is -0.118. The van der Waals surface area contributed by atoms with Crippen LogP contribution >= 0.6 is 11.3 Å².